The lowest BCUT2D eigenvalue weighted by Gasteiger charge is -2.30. The zero-order valence-electron chi connectivity index (χ0n) is 15.3. The predicted molar refractivity (Wildman–Crippen MR) is 115 cm³/mol. The number of ether oxygens (including phenoxy) is 1. The van der Waals surface area contributed by atoms with E-state index in [0.29, 0.717) is 0 Å². The van der Waals surface area contributed by atoms with Crippen LogP contribution >= 0.6 is 0 Å². The van der Waals surface area contributed by atoms with Gasteiger partial charge in [0.15, 0.2) is 0 Å². The van der Waals surface area contributed by atoms with Gasteiger partial charge in [-0.3, -0.25) is 0 Å². The molecule has 0 saturated carbocycles. The summed E-state index contributed by atoms with van der Waals surface area (Å²) >= 11 is 0. The zero-order chi connectivity index (χ0) is 18.5. The SMILES string of the molecule is c1ccc2c(c1)Oc1ccc3ccccc3c1C2c1cccc2ccccc12. The Morgan fingerprint density at radius 3 is 2.00 bits per heavy atom. The monoisotopic (exact) mass is 358 g/mol. The van der Waals surface area contributed by atoms with E-state index in [9.17, 15) is 0 Å². The predicted octanol–water partition coefficient (Wildman–Crippen LogP) is 7.28. The van der Waals surface area contributed by atoms with Crippen LogP contribution in [0.4, 0.5) is 0 Å². The van der Waals surface area contributed by atoms with Crippen molar-refractivity contribution in [3.8, 4) is 11.5 Å². The van der Waals surface area contributed by atoms with Crippen LogP contribution in [0.25, 0.3) is 21.5 Å². The third-order valence-corrected chi connectivity index (χ3v) is 5.80. The highest BCUT2D eigenvalue weighted by Gasteiger charge is 2.31. The third-order valence-electron chi connectivity index (χ3n) is 5.80. The minimum Gasteiger partial charge on any atom is -0.457 e. The maximum atomic E-state index is 6.35. The van der Waals surface area contributed by atoms with Gasteiger partial charge in [-0.1, -0.05) is 91.0 Å². The number of rotatable bonds is 1. The highest BCUT2D eigenvalue weighted by Crippen LogP contribution is 2.50. The number of hydrogen-bond acceptors (Lipinski definition) is 1. The van der Waals surface area contributed by atoms with Crippen LogP contribution in [0.1, 0.15) is 22.6 Å². The first-order valence-electron chi connectivity index (χ1n) is 9.66. The minimum atomic E-state index is 0.136. The maximum absolute atomic E-state index is 6.35. The van der Waals surface area contributed by atoms with Crippen molar-refractivity contribution < 1.29 is 4.74 Å². The van der Waals surface area contributed by atoms with Gasteiger partial charge in [0.1, 0.15) is 11.5 Å². The summed E-state index contributed by atoms with van der Waals surface area (Å²) in [6.07, 6.45) is 0. The quantitative estimate of drug-likeness (QED) is 0.300. The molecule has 0 N–H and O–H groups in total. The molecule has 0 aromatic heterocycles. The summed E-state index contributed by atoms with van der Waals surface area (Å²) < 4.78 is 6.35. The molecule has 6 rings (SSSR count). The van der Waals surface area contributed by atoms with Gasteiger partial charge in [0, 0.05) is 17.0 Å². The van der Waals surface area contributed by atoms with Crippen molar-refractivity contribution in [1.29, 1.82) is 0 Å². The van der Waals surface area contributed by atoms with Gasteiger partial charge in [0.2, 0.25) is 0 Å². The number of fused-ring (bicyclic) bond motifs is 5. The Morgan fingerprint density at radius 2 is 1.11 bits per heavy atom. The number of hydrogen-bond donors (Lipinski definition) is 0. The second kappa shape index (κ2) is 5.97. The lowest BCUT2D eigenvalue weighted by atomic mass is 9.79. The average Bonchev–Trinajstić information content (AvgIpc) is 2.77. The van der Waals surface area contributed by atoms with E-state index in [4.69, 9.17) is 4.74 Å². The summed E-state index contributed by atoms with van der Waals surface area (Å²) in [7, 11) is 0. The van der Waals surface area contributed by atoms with Gasteiger partial charge in [-0.15, -0.1) is 0 Å². The van der Waals surface area contributed by atoms with E-state index < -0.39 is 0 Å². The van der Waals surface area contributed by atoms with Gasteiger partial charge < -0.3 is 4.74 Å². The first-order valence-corrected chi connectivity index (χ1v) is 9.66. The Hall–Kier alpha value is -3.58. The van der Waals surface area contributed by atoms with E-state index in [2.05, 4.69) is 97.1 Å². The second-order valence-corrected chi connectivity index (χ2v) is 7.34. The van der Waals surface area contributed by atoms with Crippen LogP contribution in [0.15, 0.2) is 103 Å². The third kappa shape index (κ3) is 2.20. The van der Waals surface area contributed by atoms with E-state index >= 15 is 0 Å². The van der Waals surface area contributed by atoms with Crippen LogP contribution < -0.4 is 4.74 Å². The summed E-state index contributed by atoms with van der Waals surface area (Å²) in [4.78, 5) is 0. The molecule has 132 valence electrons. The molecule has 5 aromatic carbocycles. The summed E-state index contributed by atoms with van der Waals surface area (Å²) in [5.74, 6) is 2.04. The maximum Gasteiger partial charge on any atom is 0.132 e. The molecule has 0 saturated heterocycles. The molecule has 28 heavy (non-hydrogen) atoms. The fraction of sp³-hybridized carbons (Fsp3) is 0.0370. The first-order chi connectivity index (χ1) is 13.9. The fourth-order valence-corrected chi connectivity index (χ4v) is 4.57. The van der Waals surface area contributed by atoms with Crippen LogP contribution in [0.5, 0.6) is 11.5 Å². The highest BCUT2D eigenvalue weighted by molar-refractivity contribution is 5.93. The van der Waals surface area contributed by atoms with Gasteiger partial charge >= 0.3 is 0 Å². The Bertz CT molecular complexity index is 1340. The van der Waals surface area contributed by atoms with Crippen molar-refractivity contribution in [2.45, 2.75) is 5.92 Å². The van der Waals surface area contributed by atoms with Crippen LogP contribution in [0.2, 0.25) is 0 Å². The Kier molecular flexibility index (Phi) is 3.30. The molecule has 1 heteroatoms. The lowest BCUT2D eigenvalue weighted by molar-refractivity contribution is 0.455. The zero-order valence-corrected chi connectivity index (χ0v) is 15.3. The van der Waals surface area contributed by atoms with Crippen molar-refractivity contribution in [3.05, 3.63) is 120 Å². The normalized spacial score (nSPS) is 15.1. The summed E-state index contributed by atoms with van der Waals surface area (Å²) in [6.45, 7) is 0. The van der Waals surface area contributed by atoms with E-state index in [1.165, 1.54) is 38.2 Å². The molecule has 5 aromatic rings. The number of benzene rings is 5. The fourth-order valence-electron chi connectivity index (χ4n) is 4.57. The average molecular weight is 358 g/mol. The van der Waals surface area contributed by atoms with Crippen LogP contribution in [0.3, 0.4) is 0 Å². The van der Waals surface area contributed by atoms with Gasteiger partial charge in [0.25, 0.3) is 0 Å². The topological polar surface area (TPSA) is 9.23 Å². The van der Waals surface area contributed by atoms with Crippen LogP contribution in [-0.2, 0) is 0 Å². The Labute approximate surface area is 163 Å². The van der Waals surface area contributed by atoms with Crippen LogP contribution in [0, 0.1) is 0 Å². The van der Waals surface area contributed by atoms with Crippen molar-refractivity contribution in [2.24, 2.45) is 0 Å². The largest absolute Gasteiger partial charge is 0.457 e. The van der Waals surface area contributed by atoms with E-state index in [1.54, 1.807) is 0 Å². The van der Waals surface area contributed by atoms with Crippen molar-refractivity contribution in [2.75, 3.05) is 0 Å². The molecule has 0 bridgehead atoms. The summed E-state index contributed by atoms with van der Waals surface area (Å²) in [5.41, 5.74) is 3.81. The van der Waals surface area contributed by atoms with Gasteiger partial charge in [-0.25, -0.2) is 0 Å². The van der Waals surface area contributed by atoms with Gasteiger partial charge in [-0.2, -0.15) is 0 Å². The lowest BCUT2D eigenvalue weighted by Crippen LogP contribution is -2.12. The summed E-state index contributed by atoms with van der Waals surface area (Å²) in [6, 6.07) is 36.6. The number of para-hydroxylation sites is 1. The molecule has 0 aliphatic carbocycles. The van der Waals surface area contributed by atoms with Crippen molar-refractivity contribution in [1.82, 2.24) is 0 Å². The molecule has 0 fully saturated rings. The van der Waals surface area contributed by atoms with E-state index in [-0.39, 0.29) is 5.92 Å². The second-order valence-electron chi connectivity index (χ2n) is 7.34. The van der Waals surface area contributed by atoms with Crippen LogP contribution in [-0.4, -0.2) is 0 Å². The molecule has 1 aliphatic heterocycles. The minimum absolute atomic E-state index is 0.136. The van der Waals surface area contributed by atoms with E-state index in [1.807, 2.05) is 6.07 Å². The highest BCUT2D eigenvalue weighted by atomic mass is 16.5. The first kappa shape index (κ1) is 15.5. The standard InChI is InChI=1S/C27H18O/c1-3-11-20-18(8-1)10-7-14-22(20)26-23-13-5-6-15-24(23)28-25-17-16-19-9-2-4-12-21(19)27(25)26/h1-17,26H. The Morgan fingerprint density at radius 1 is 0.464 bits per heavy atom. The molecule has 0 spiro atoms. The smallest absolute Gasteiger partial charge is 0.132 e. The molecule has 0 amide bonds. The van der Waals surface area contributed by atoms with Gasteiger partial charge in [0.05, 0.1) is 0 Å². The van der Waals surface area contributed by atoms with Gasteiger partial charge in [-0.05, 0) is 39.2 Å². The molecule has 0 radical (unpaired) electrons. The molecule has 1 unspecified atom stereocenters. The summed E-state index contributed by atoms with van der Waals surface area (Å²) in [5, 5.41) is 5.07. The molecule has 1 heterocycles. The Balaban J connectivity index is 1.75. The van der Waals surface area contributed by atoms with Crippen molar-refractivity contribution >= 4 is 21.5 Å². The molecular formula is C27H18O. The molecular weight excluding hydrogens is 340 g/mol. The molecule has 1 atom stereocenters. The molecule has 1 aliphatic rings. The van der Waals surface area contributed by atoms with Crippen molar-refractivity contribution in [3.63, 3.8) is 0 Å². The van der Waals surface area contributed by atoms with E-state index in [0.717, 1.165) is 11.5 Å². The molecule has 1 nitrogen and oxygen atoms in total.